The van der Waals surface area contributed by atoms with Gasteiger partial charge in [-0.3, -0.25) is 0 Å². The predicted octanol–water partition coefficient (Wildman–Crippen LogP) is 4.29. The number of hydrogen-bond donors (Lipinski definition) is 1. The lowest BCUT2D eigenvalue weighted by Crippen LogP contribution is -2.21. The first-order chi connectivity index (χ1) is 8.24. The molecule has 0 atom stereocenters. The Balaban J connectivity index is 1.93. The summed E-state index contributed by atoms with van der Waals surface area (Å²) in [4.78, 5) is 0. The highest BCUT2D eigenvalue weighted by Crippen LogP contribution is 2.44. The molecule has 94 valence electrons. The minimum Gasteiger partial charge on any atom is -0.330 e. The lowest BCUT2D eigenvalue weighted by Gasteiger charge is -2.28. The predicted molar refractivity (Wildman–Crippen MR) is 77.0 cm³/mol. The molecule has 1 aliphatic rings. The van der Waals surface area contributed by atoms with Gasteiger partial charge in [-0.1, -0.05) is 40.9 Å². The summed E-state index contributed by atoms with van der Waals surface area (Å²) in [6.45, 7) is 0.848. The van der Waals surface area contributed by atoms with Crippen molar-refractivity contribution in [1.29, 1.82) is 0 Å². The Hall–Kier alpha value is -0.340. The molecule has 2 N–H and O–H groups in total. The number of hydrogen-bond acceptors (Lipinski definition) is 1. The number of nitrogens with two attached hydrogens (primary N) is 1. The van der Waals surface area contributed by atoms with Crippen molar-refractivity contribution in [2.45, 2.75) is 44.9 Å². The van der Waals surface area contributed by atoms with Crippen LogP contribution >= 0.6 is 15.9 Å². The first-order valence-electron chi connectivity index (χ1n) is 6.69. The quantitative estimate of drug-likeness (QED) is 0.861. The number of rotatable bonds is 5. The molecule has 1 aromatic carbocycles. The summed E-state index contributed by atoms with van der Waals surface area (Å²) >= 11 is 3.48. The zero-order valence-electron chi connectivity index (χ0n) is 10.4. The molecule has 0 saturated heterocycles. The molecule has 1 aromatic rings. The summed E-state index contributed by atoms with van der Waals surface area (Å²) in [6, 6.07) is 8.74. The first kappa shape index (κ1) is 13.1. The fraction of sp³-hybridized carbons (Fsp3) is 0.600. The number of halogens is 1. The van der Waals surface area contributed by atoms with Gasteiger partial charge in [0.25, 0.3) is 0 Å². The van der Waals surface area contributed by atoms with Crippen molar-refractivity contribution in [3.05, 3.63) is 34.3 Å². The van der Waals surface area contributed by atoms with Crippen molar-refractivity contribution >= 4 is 15.9 Å². The summed E-state index contributed by atoms with van der Waals surface area (Å²) < 4.78 is 1.17. The Kier molecular flexibility index (Phi) is 4.63. The molecule has 1 nitrogen and oxygen atoms in total. The zero-order valence-corrected chi connectivity index (χ0v) is 12.0. The molecule has 1 saturated carbocycles. The van der Waals surface area contributed by atoms with Crippen LogP contribution in [0.15, 0.2) is 28.7 Å². The molecular weight excluding hydrogens is 274 g/mol. The van der Waals surface area contributed by atoms with E-state index in [2.05, 4.69) is 40.2 Å². The average Bonchev–Trinajstić information content (AvgIpc) is 2.78. The minimum absolute atomic E-state index is 0.557. The monoisotopic (exact) mass is 295 g/mol. The molecule has 0 unspecified atom stereocenters. The van der Waals surface area contributed by atoms with Gasteiger partial charge in [0.1, 0.15) is 0 Å². The second-order valence-corrected chi connectivity index (χ2v) is 6.29. The standard InChI is InChI=1S/C15H22BrN/c16-14-5-3-13(4-6-14)7-10-15(11-12-17)8-1-2-9-15/h3-6H,1-2,7-12,17H2. The molecule has 2 rings (SSSR count). The highest BCUT2D eigenvalue weighted by Gasteiger charge is 2.32. The van der Waals surface area contributed by atoms with Crippen LogP contribution in [0, 0.1) is 5.41 Å². The van der Waals surface area contributed by atoms with Crippen molar-refractivity contribution in [2.75, 3.05) is 6.54 Å². The van der Waals surface area contributed by atoms with E-state index in [1.54, 1.807) is 0 Å². The number of aryl methyl sites for hydroxylation is 1. The van der Waals surface area contributed by atoms with Gasteiger partial charge in [0.15, 0.2) is 0 Å². The second-order valence-electron chi connectivity index (χ2n) is 5.37. The number of benzene rings is 1. The molecule has 1 aliphatic carbocycles. The lowest BCUT2D eigenvalue weighted by atomic mass is 9.78. The Bertz CT molecular complexity index is 338. The summed E-state index contributed by atoms with van der Waals surface area (Å²) in [7, 11) is 0. The Morgan fingerprint density at radius 1 is 1.06 bits per heavy atom. The van der Waals surface area contributed by atoms with Crippen LogP contribution in [0.2, 0.25) is 0 Å². The maximum atomic E-state index is 5.78. The third-order valence-corrected chi connectivity index (χ3v) is 4.72. The van der Waals surface area contributed by atoms with Crippen LogP contribution in [-0.4, -0.2) is 6.54 Å². The van der Waals surface area contributed by atoms with E-state index in [0.29, 0.717) is 5.41 Å². The van der Waals surface area contributed by atoms with Crippen LogP contribution in [0.5, 0.6) is 0 Å². The second kappa shape index (κ2) is 6.01. The molecule has 0 bridgehead atoms. The Morgan fingerprint density at radius 2 is 1.71 bits per heavy atom. The molecule has 0 aliphatic heterocycles. The van der Waals surface area contributed by atoms with Crippen molar-refractivity contribution < 1.29 is 0 Å². The molecular formula is C15H22BrN. The normalized spacial score (nSPS) is 18.5. The van der Waals surface area contributed by atoms with E-state index in [4.69, 9.17) is 5.73 Å². The molecule has 1 fully saturated rings. The maximum absolute atomic E-state index is 5.78. The average molecular weight is 296 g/mol. The van der Waals surface area contributed by atoms with Crippen molar-refractivity contribution in [1.82, 2.24) is 0 Å². The van der Waals surface area contributed by atoms with Gasteiger partial charge in [0.05, 0.1) is 0 Å². The lowest BCUT2D eigenvalue weighted by molar-refractivity contribution is 0.253. The van der Waals surface area contributed by atoms with E-state index in [1.165, 1.54) is 55.0 Å². The van der Waals surface area contributed by atoms with Crippen LogP contribution in [0.25, 0.3) is 0 Å². The first-order valence-corrected chi connectivity index (χ1v) is 7.48. The topological polar surface area (TPSA) is 26.0 Å². The van der Waals surface area contributed by atoms with Gasteiger partial charge in [0, 0.05) is 4.47 Å². The van der Waals surface area contributed by atoms with Crippen LogP contribution < -0.4 is 5.73 Å². The summed E-state index contributed by atoms with van der Waals surface area (Å²) in [5.74, 6) is 0. The highest BCUT2D eigenvalue weighted by molar-refractivity contribution is 9.10. The van der Waals surface area contributed by atoms with E-state index in [1.807, 2.05) is 0 Å². The fourth-order valence-corrected chi connectivity index (χ4v) is 3.38. The smallest absolute Gasteiger partial charge is 0.0175 e. The van der Waals surface area contributed by atoms with Crippen LogP contribution in [0.3, 0.4) is 0 Å². The summed E-state index contributed by atoms with van der Waals surface area (Å²) in [6.07, 6.45) is 9.31. The highest BCUT2D eigenvalue weighted by atomic mass is 79.9. The van der Waals surface area contributed by atoms with Crippen molar-refractivity contribution in [2.24, 2.45) is 11.1 Å². The van der Waals surface area contributed by atoms with Crippen molar-refractivity contribution in [3.63, 3.8) is 0 Å². The van der Waals surface area contributed by atoms with E-state index in [9.17, 15) is 0 Å². The van der Waals surface area contributed by atoms with Crippen LogP contribution in [0.4, 0.5) is 0 Å². The Labute approximate surface area is 113 Å². The molecule has 0 amide bonds. The van der Waals surface area contributed by atoms with Gasteiger partial charge in [0.2, 0.25) is 0 Å². The third kappa shape index (κ3) is 3.56. The van der Waals surface area contributed by atoms with E-state index in [0.717, 1.165) is 6.54 Å². The van der Waals surface area contributed by atoms with Gasteiger partial charge < -0.3 is 5.73 Å². The summed E-state index contributed by atoms with van der Waals surface area (Å²) in [5.41, 5.74) is 7.79. The Morgan fingerprint density at radius 3 is 2.29 bits per heavy atom. The molecule has 0 heterocycles. The largest absolute Gasteiger partial charge is 0.330 e. The van der Waals surface area contributed by atoms with Gasteiger partial charge >= 0.3 is 0 Å². The van der Waals surface area contributed by atoms with E-state index >= 15 is 0 Å². The fourth-order valence-electron chi connectivity index (χ4n) is 3.12. The van der Waals surface area contributed by atoms with Gasteiger partial charge in [-0.25, -0.2) is 0 Å². The molecule has 17 heavy (non-hydrogen) atoms. The van der Waals surface area contributed by atoms with Crippen LogP contribution in [0.1, 0.15) is 44.1 Å². The van der Waals surface area contributed by atoms with E-state index in [-0.39, 0.29) is 0 Å². The molecule has 2 heteroatoms. The zero-order chi connectivity index (χ0) is 12.1. The SMILES string of the molecule is NCCC1(CCc2ccc(Br)cc2)CCCC1. The van der Waals surface area contributed by atoms with Crippen LogP contribution in [-0.2, 0) is 6.42 Å². The maximum Gasteiger partial charge on any atom is 0.0175 e. The summed E-state index contributed by atoms with van der Waals surface area (Å²) in [5, 5.41) is 0. The van der Waals surface area contributed by atoms with Gasteiger partial charge in [-0.2, -0.15) is 0 Å². The molecule has 0 radical (unpaired) electrons. The van der Waals surface area contributed by atoms with E-state index < -0.39 is 0 Å². The molecule has 0 spiro atoms. The molecule has 0 aromatic heterocycles. The van der Waals surface area contributed by atoms with Gasteiger partial charge in [-0.15, -0.1) is 0 Å². The van der Waals surface area contributed by atoms with Crippen molar-refractivity contribution in [3.8, 4) is 0 Å². The minimum atomic E-state index is 0.557. The van der Waals surface area contributed by atoms with Gasteiger partial charge in [-0.05, 0) is 61.8 Å². The third-order valence-electron chi connectivity index (χ3n) is 4.20.